The lowest BCUT2D eigenvalue weighted by molar-refractivity contribution is 0.0976. The zero-order valence-electron chi connectivity index (χ0n) is 18.7. The van der Waals surface area contributed by atoms with Gasteiger partial charge in [-0.15, -0.1) is 0 Å². The Morgan fingerprint density at radius 1 is 1.18 bits per heavy atom. The number of carbonyl (C=O) groups is 1. The van der Waals surface area contributed by atoms with Crippen molar-refractivity contribution in [2.45, 2.75) is 37.8 Å². The van der Waals surface area contributed by atoms with Crippen LogP contribution in [0.15, 0.2) is 59.8 Å². The van der Waals surface area contributed by atoms with Crippen LogP contribution in [0.1, 0.15) is 37.0 Å². The Morgan fingerprint density at radius 3 is 2.65 bits per heavy atom. The predicted octanol–water partition coefficient (Wildman–Crippen LogP) is 3.98. The highest BCUT2D eigenvalue weighted by atomic mass is 32.2. The van der Waals surface area contributed by atoms with E-state index in [-0.39, 0.29) is 28.5 Å². The summed E-state index contributed by atoms with van der Waals surface area (Å²) in [4.78, 5) is 21.0. The number of nitrogens with zero attached hydrogens (tertiary/aromatic N) is 2. The molecule has 0 unspecified atom stereocenters. The third-order valence-electron chi connectivity index (χ3n) is 4.80. The van der Waals surface area contributed by atoms with E-state index in [4.69, 9.17) is 9.47 Å². The Hall–Kier alpha value is -3.53. The molecule has 1 N–H and O–H groups in total. The fourth-order valence-corrected chi connectivity index (χ4v) is 3.92. The molecule has 1 aromatic carbocycles. The van der Waals surface area contributed by atoms with E-state index in [0.717, 1.165) is 12.8 Å². The molecule has 34 heavy (non-hydrogen) atoms. The highest BCUT2D eigenvalue weighted by molar-refractivity contribution is 7.90. The molecule has 178 valence electrons. The van der Waals surface area contributed by atoms with Crippen LogP contribution in [0.3, 0.4) is 0 Å². The summed E-state index contributed by atoms with van der Waals surface area (Å²) < 4.78 is 52.7. The summed E-state index contributed by atoms with van der Waals surface area (Å²) in [5.41, 5.74) is 0.740. The molecule has 0 radical (unpaired) electrons. The van der Waals surface area contributed by atoms with E-state index in [1.54, 1.807) is 12.1 Å². The van der Waals surface area contributed by atoms with Gasteiger partial charge >= 0.3 is 0 Å². The quantitative estimate of drug-likeness (QED) is 0.488. The van der Waals surface area contributed by atoms with Gasteiger partial charge in [0.2, 0.25) is 5.88 Å². The van der Waals surface area contributed by atoms with Gasteiger partial charge in [0.1, 0.15) is 23.2 Å². The number of aromatic nitrogens is 2. The maximum Gasteiger partial charge on any atom is 0.281 e. The number of sulfonamides is 1. The Balaban J connectivity index is 1.64. The van der Waals surface area contributed by atoms with Crippen molar-refractivity contribution in [2.24, 2.45) is 5.92 Å². The minimum absolute atomic E-state index is 0.0253. The van der Waals surface area contributed by atoms with E-state index in [1.807, 2.05) is 18.6 Å². The van der Waals surface area contributed by atoms with Gasteiger partial charge in [0, 0.05) is 17.8 Å². The smallest absolute Gasteiger partial charge is 0.281 e. The molecule has 0 aliphatic heterocycles. The Bertz CT molecular complexity index is 1300. The highest BCUT2D eigenvalue weighted by Gasteiger charge is 2.29. The molecule has 8 nitrogen and oxygen atoms in total. The van der Waals surface area contributed by atoms with Gasteiger partial charge < -0.3 is 9.47 Å². The first-order valence-electron chi connectivity index (χ1n) is 10.8. The van der Waals surface area contributed by atoms with Crippen LogP contribution in [-0.4, -0.2) is 37.0 Å². The molecular weight excluding hydrogens is 461 g/mol. The molecule has 3 aromatic rings. The first-order chi connectivity index (χ1) is 16.2. The first kappa shape index (κ1) is 23.6. The Labute approximate surface area is 197 Å². The molecule has 2 heterocycles. The topological polar surface area (TPSA) is 107 Å². The van der Waals surface area contributed by atoms with Crippen molar-refractivity contribution in [3.05, 3.63) is 66.1 Å². The van der Waals surface area contributed by atoms with E-state index >= 15 is 0 Å². The molecule has 10 heteroatoms. The first-order valence-corrected chi connectivity index (χ1v) is 12.3. The third-order valence-corrected chi connectivity index (χ3v) is 6.04. The molecule has 1 saturated carbocycles. The maximum absolute atomic E-state index is 14.2. The van der Waals surface area contributed by atoms with Gasteiger partial charge in [-0.05, 0) is 55.2 Å². The Kier molecular flexibility index (Phi) is 6.78. The van der Waals surface area contributed by atoms with Crippen molar-refractivity contribution in [2.75, 3.05) is 6.61 Å². The fourth-order valence-electron chi connectivity index (χ4n) is 3.00. The van der Waals surface area contributed by atoms with Gasteiger partial charge in [-0.25, -0.2) is 19.1 Å². The minimum atomic E-state index is -4.18. The number of ether oxygens (including phenoxy) is 2. The summed E-state index contributed by atoms with van der Waals surface area (Å²) >= 11 is 0. The molecule has 1 fully saturated rings. The van der Waals surface area contributed by atoms with Crippen molar-refractivity contribution in [1.29, 1.82) is 0 Å². The summed E-state index contributed by atoms with van der Waals surface area (Å²) in [5.74, 6) is -0.795. The van der Waals surface area contributed by atoms with Crippen molar-refractivity contribution in [3.8, 4) is 22.9 Å². The molecule has 1 aliphatic rings. The van der Waals surface area contributed by atoms with Gasteiger partial charge in [0.25, 0.3) is 15.9 Å². The number of rotatable bonds is 9. The highest BCUT2D eigenvalue weighted by Crippen LogP contribution is 2.32. The lowest BCUT2D eigenvalue weighted by Gasteiger charge is -2.13. The monoisotopic (exact) mass is 485 g/mol. The summed E-state index contributed by atoms with van der Waals surface area (Å²) in [7, 11) is -4.18. The van der Waals surface area contributed by atoms with Crippen LogP contribution in [-0.2, 0) is 10.0 Å². The van der Waals surface area contributed by atoms with Gasteiger partial charge in [-0.3, -0.25) is 4.79 Å². The summed E-state index contributed by atoms with van der Waals surface area (Å²) in [6.07, 6.45) is 2.80. The zero-order valence-corrected chi connectivity index (χ0v) is 19.5. The van der Waals surface area contributed by atoms with E-state index in [0.29, 0.717) is 23.6 Å². The third kappa shape index (κ3) is 5.88. The lowest BCUT2D eigenvalue weighted by atomic mass is 10.1. The molecular formula is C24H24FN3O5S. The van der Waals surface area contributed by atoms with Crippen LogP contribution in [0.2, 0.25) is 0 Å². The average molecular weight is 486 g/mol. The van der Waals surface area contributed by atoms with E-state index in [1.165, 1.54) is 42.6 Å². The van der Waals surface area contributed by atoms with Crippen molar-refractivity contribution in [1.82, 2.24) is 14.7 Å². The maximum atomic E-state index is 14.2. The van der Waals surface area contributed by atoms with Crippen LogP contribution < -0.4 is 14.2 Å². The van der Waals surface area contributed by atoms with Crippen molar-refractivity contribution in [3.63, 3.8) is 0 Å². The molecule has 1 aliphatic carbocycles. The second-order valence-electron chi connectivity index (χ2n) is 8.35. The molecule has 2 aromatic heterocycles. The van der Waals surface area contributed by atoms with Crippen LogP contribution in [0, 0.1) is 11.7 Å². The number of benzene rings is 1. The molecule has 1 amide bonds. The number of hydrogen-bond acceptors (Lipinski definition) is 7. The Morgan fingerprint density at radius 2 is 1.97 bits per heavy atom. The molecule has 0 atom stereocenters. The summed E-state index contributed by atoms with van der Waals surface area (Å²) in [6, 6.07) is 11.5. The van der Waals surface area contributed by atoms with Gasteiger partial charge in [0.15, 0.2) is 5.03 Å². The van der Waals surface area contributed by atoms with E-state index in [2.05, 4.69) is 9.97 Å². The van der Waals surface area contributed by atoms with Gasteiger partial charge in [-0.2, -0.15) is 8.42 Å². The number of nitrogens with one attached hydrogen (secondary N) is 1. The number of halogens is 1. The molecule has 0 bridgehead atoms. The van der Waals surface area contributed by atoms with Crippen molar-refractivity contribution < 1.29 is 27.1 Å². The van der Waals surface area contributed by atoms with Crippen LogP contribution in [0.4, 0.5) is 4.39 Å². The largest absolute Gasteiger partial charge is 0.493 e. The summed E-state index contributed by atoms with van der Waals surface area (Å²) in [5, 5.41) is -0.286. The standard InChI is InChI=1S/C24H24FN3O5S/c1-15(2)14-32-19-12-16(11-17(25)13-19)21-9-8-20(24(27-21)33-18-6-7-18)23(29)28-34(30,31)22-5-3-4-10-26-22/h3-5,8-13,15,18H,6-7,14H2,1-2H3,(H,28,29). The number of carbonyl (C=O) groups excluding carboxylic acids is 1. The van der Waals surface area contributed by atoms with Crippen LogP contribution >= 0.6 is 0 Å². The van der Waals surface area contributed by atoms with E-state index in [9.17, 15) is 17.6 Å². The van der Waals surface area contributed by atoms with Crippen LogP contribution in [0.5, 0.6) is 11.6 Å². The molecule has 0 saturated heterocycles. The van der Waals surface area contributed by atoms with Crippen LogP contribution in [0.25, 0.3) is 11.3 Å². The van der Waals surface area contributed by atoms with Crippen molar-refractivity contribution >= 4 is 15.9 Å². The zero-order chi connectivity index (χ0) is 24.3. The SMILES string of the molecule is CC(C)COc1cc(F)cc(-c2ccc(C(=O)NS(=O)(=O)c3ccccn3)c(OC3CC3)n2)c1. The number of amides is 1. The number of pyridine rings is 2. The number of hydrogen-bond donors (Lipinski definition) is 1. The normalized spacial score (nSPS) is 13.5. The molecule has 4 rings (SSSR count). The predicted molar refractivity (Wildman–Crippen MR) is 123 cm³/mol. The molecule has 0 spiro atoms. The van der Waals surface area contributed by atoms with Gasteiger partial charge in [-0.1, -0.05) is 19.9 Å². The average Bonchev–Trinajstić information content (AvgIpc) is 3.61. The second-order valence-corrected chi connectivity index (χ2v) is 9.98. The fraction of sp³-hybridized carbons (Fsp3) is 0.292. The lowest BCUT2D eigenvalue weighted by Crippen LogP contribution is -2.31. The van der Waals surface area contributed by atoms with E-state index < -0.39 is 21.7 Å². The summed E-state index contributed by atoms with van der Waals surface area (Å²) in [6.45, 7) is 4.40. The van der Waals surface area contributed by atoms with Gasteiger partial charge in [0.05, 0.1) is 12.3 Å². The second kappa shape index (κ2) is 9.76. The minimum Gasteiger partial charge on any atom is -0.493 e.